The monoisotopic (exact) mass is 706 g/mol. The highest BCUT2D eigenvalue weighted by Crippen LogP contribution is 2.49. The summed E-state index contributed by atoms with van der Waals surface area (Å²) in [5.74, 6) is -5.49. The number of amides is 2. The molecule has 5 rings (SSSR count). The first-order valence-corrected chi connectivity index (χ1v) is 17.8. The lowest BCUT2D eigenvalue weighted by atomic mass is 9.55. The smallest absolute Gasteiger partial charge is 0.310 e. The molecule has 0 heterocycles. The number of carbonyl (C=O) groups excluding carboxylic acids is 3. The molecular weight excluding hydrogens is 660 g/mol. The van der Waals surface area contributed by atoms with Gasteiger partial charge in [0, 0.05) is 26.2 Å². The molecule has 1 saturated carbocycles. The molecule has 52 heavy (non-hydrogen) atoms. The van der Waals surface area contributed by atoms with Gasteiger partial charge >= 0.3 is 11.9 Å². The Bertz CT molecular complexity index is 1780. The number of benzene rings is 4. The van der Waals surface area contributed by atoms with Crippen molar-refractivity contribution in [3.63, 3.8) is 0 Å². The lowest BCUT2D eigenvalue weighted by Gasteiger charge is -2.49. The van der Waals surface area contributed by atoms with E-state index in [0.717, 1.165) is 11.1 Å². The maximum Gasteiger partial charge on any atom is 0.310 e. The molecule has 10 nitrogen and oxygen atoms in total. The predicted octanol–water partition coefficient (Wildman–Crippen LogP) is 7.57. The van der Waals surface area contributed by atoms with Crippen LogP contribution in [-0.2, 0) is 37.0 Å². The van der Waals surface area contributed by atoms with Gasteiger partial charge in [0.2, 0.25) is 11.8 Å². The molecule has 0 saturated heterocycles. The summed E-state index contributed by atoms with van der Waals surface area (Å²) < 4.78 is 17.1. The number of carbonyl (C=O) groups is 4. The van der Waals surface area contributed by atoms with Crippen LogP contribution in [0.2, 0.25) is 0 Å². The third-order valence-electron chi connectivity index (χ3n) is 9.12. The molecule has 0 spiro atoms. The minimum absolute atomic E-state index is 0.0171. The summed E-state index contributed by atoms with van der Waals surface area (Å²) >= 11 is 0. The van der Waals surface area contributed by atoms with Gasteiger partial charge in [-0.25, -0.2) is 0 Å². The number of carboxylic acids is 1. The van der Waals surface area contributed by atoms with Gasteiger partial charge in [0.25, 0.3) is 0 Å². The number of carboxylic acid groups (broad SMARTS) is 1. The zero-order valence-corrected chi connectivity index (χ0v) is 29.9. The van der Waals surface area contributed by atoms with Crippen molar-refractivity contribution in [1.29, 1.82) is 0 Å². The van der Waals surface area contributed by atoms with E-state index in [4.69, 9.17) is 14.2 Å². The molecule has 4 aromatic rings. The first-order chi connectivity index (χ1) is 25.2. The Hall–Kier alpha value is -5.64. The van der Waals surface area contributed by atoms with E-state index in [9.17, 15) is 24.3 Å². The molecule has 1 aliphatic rings. The molecule has 0 aromatic heterocycles. The molecule has 272 valence electrons. The maximum atomic E-state index is 14.5. The summed E-state index contributed by atoms with van der Waals surface area (Å²) in [7, 11) is 0. The molecule has 4 atom stereocenters. The Kier molecular flexibility index (Phi) is 13.0. The summed E-state index contributed by atoms with van der Waals surface area (Å²) in [6, 6.07) is 33.5. The standard InChI is InChI=1S/C42H46N2O8/c1-4-25-43(27-29-17-21-33(22-18-29)51-31-13-9-7-10-14-31)39(45)35-36(38(37(35)41(47)48)42(49)50-6-3)40(46)44(26-5-2)28-30-19-23-34(24-20-30)52-32-15-11-8-12-16-32/h7-24,35-38H,4-6,25-28H2,1-3H3,(H,47,48). The van der Waals surface area contributed by atoms with E-state index in [1.165, 1.54) is 0 Å². The Morgan fingerprint density at radius 1 is 0.538 bits per heavy atom. The van der Waals surface area contributed by atoms with Crippen LogP contribution >= 0.6 is 0 Å². The van der Waals surface area contributed by atoms with Crippen molar-refractivity contribution in [2.45, 2.75) is 46.7 Å². The van der Waals surface area contributed by atoms with E-state index in [1.807, 2.05) is 123 Å². The van der Waals surface area contributed by atoms with Crippen LogP contribution in [0.4, 0.5) is 0 Å². The Balaban J connectivity index is 1.38. The van der Waals surface area contributed by atoms with E-state index >= 15 is 0 Å². The van der Waals surface area contributed by atoms with Crippen LogP contribution < -0.4 is 9.47 Å². The third kappa shape index (κ3) is 9.17. The van der Waals surface area contributed by atoms with E-state index in [2.05, 4.69) is 0 Å². The Morgan fingerprint density at radius 3 is 1.29 bits per heavy atom. The number of ether oxygens (including phenoxy) is 3. The lowest BCUT2D eigenvalue weighted by Crippen LogP contribution is -2.64. The predicted molar refractivity (Wildman–Crippen MR) is 196 cm³/mol. The highest BCUT2D eigenvalue weighted by molar-refractivity contribution is 6.00. The Labute approximate surface area is 304 Å². The SMILES string of the molecule is CCCN(Cc1ccc(Oc2ccccc2)cc1)C(=O)C1C(C(=O)O)C(C(=O)OCC)C1C(=O)N(CCC)Cc1ccc(Oc2ccccc2)cc1. The molecule has 1 aliphatic carbocycles. The number of para-hydroxylation sites is 2. The minimum atomic E-state index is -1.40. The molecule has 10 heteroatoms. The molecule has 0 aliphatic heterocycles. The number of nitrogens with zero attached hydrogens (tertiary/aromatic N) is 2. The zero-order chi connectivity index (χ0) is 37.0. The van der Waals surface area contributed by atoms with Crippen LogP contribution in [0.3, 0.4) is 0 Å². The largest absolute Gasteiger partial charge is 0.481 e. The topological polar surface area (TPSA) is 123 Å². The van der Waals surface area contributed by atoms with Crippen molar-refractivity contribution in [3.8, 4) is 23.0 Å². The second-order valence-electron chi connectivity index (χ2n) is 12.8. The molecule has 0 radical (unpaired) electrons. The van der Waals surface area contributed by atoms with Crippen LogP contribution in [0.15, 0.2) is 109 Å². The zero-order valence-electron chi connectivity index (χ0n) is 29.9. The molecule has 4 aromatic carbocycles. The van der Waals surface area contributed by atoms with Crippen molar-refractivity contribution < 1.29 is 38.5 Å². The van der Waals surface area contributed by atoms with Crippen LogP contribution in [-0.4, -0.2) is 58.4 Å². The fourth-order valence-electron chi connectivity index (χ4n) is 6.71. The van der Waals surface area contributed by atoms with E-state index in [1.54, 1.807) is 16.7 Å². The van der Waals surface area contributed by atoms with E-state index in [-0.39, 0.29) is 19.7 Å². The van der Waals surface area contributed by atoms with Gasteiger partial charge in [0.1, 0.15) is 23.0 Å². The van der Waals surface area contributed by atoms with Gasteiger partial charge in [-0.3, -0.25) is 19.2 Å². The van der Waals surface area contributed by atoms with Crippen LogP contribution in [0.1, 0.15) is 44.7 Å². The average Bonchev–Trinajstić information content (AvgIpc) is 3.13. The molecule has 2 amide bonds. The van der Waals surface area contributed by atoms with Gasteiger partial charge in [-0.2, -0.15) is 0 Å². The minimum Gasteiger partial charge on any atom is -0.481 e. The Morgan fingerprint density at radius 2 is 0.923 bits per heavy atom. The molecule has 0 bridgehead atoms. The van der Waals surface area contributed by atoms with Crippen molar-refractivity contribution in [2.24, 2.45) is 23.7 Å². The van der Waals surface area contributed by atoms with Gasteiger partial charge in [0.05, 0.1) is 30.3 Å². The lowest BCUT2D eigenvalue weighted by molar-refractivity contribution is -0.190. The van der Waals surface area contributed by atoms with Crippen molar-refractivity contribution >= 4 is 23.8 Å². The number of rotatable bonds is 17. The maximum absolute atomic E-state index is 14.5. The quantitative estimate of drug-likeness (QED) is 0.112. The normalized spacial score (nSPS) is 17.7. The van der Waals surface area contributed by atoms with Crippen LogP contribution in [0, 0.1) is 23.7 Å². The highest BCUT2D eigenvalue weighted by atomic mass is 16.5. The number of aliphatic carboxylic acids is 1. The van der Waals surface area contributed by atoms with Crippen LogP contribution in [0.25, 0.3) is 0 Å². The van der Waals surface area contributed by atoms with Gasteiger partial charge < -0.3 is 29.1 Å². The molecular formula is C42H46N2O8. The average molecular weight is 707 g/mol. The number of esters is 1. The van der Waals surface area contributed by atoms with Crippen LogP contribution in [0.5, 0.6) is 23.0 Å². The van der Waals surface area contributed by atoms with Gasteiger partial charge in [-0.05, 0) is 79.4 Å². The fraction of sp³-hybridized carbons (Fsp3) is 0.333. The summed E-state index contributed by atoms with van der Waals surface area (Å²) in [6.07, 6.45) is 1.22. The van der Waals surface area contributed by atoms with Gasteiger partial charge in [-0.15, -0.1) is 0 Å². The first kappa shape index (κ1) is 37.6. The second kappa shape index (κ2) is 18.0. The molecule has 4 unspecified atom stereocenters. The summed E-state index contributed by atoms with van der Waals surface area (Å²) in [5.41, 5.74) is 1.63. The first-order valence-electron chi connectivity index (χ1n) is 17.8. The van der Waals surface area contributed by atoms with Gasteiger partial charge in [0.15, 0.2) is 0 Å². The highest BCUT2D eigenvalue weighted by Gasteiger charge is 2.65. The van der Waals surface area contributed by atoms with E-state index in [0.29, 0.717) is 48.9 Å². The van der Waals surface area contributed by atoms with Crippen molar-refractivity contribution in [1.82, 2.24) is 9.80 Å². The van der Waals surface area contributed by atoms with E-state index < -0.39 is 47.4 Å². The number of hydrogen-bond acceptors (Lipinski definition) is 7. The molecule has 1 fully saturated rings. The summed E-state index contributed by atoms with van der Waals surface area (Å²) in [6.45, 7) is 6.59. The second-order valence-corrected chi connectivity index (χ2v) is 12.8. The number of hydrogen-bond donors (Lipinski definition) is 1. The summed E-state index contributed by atoms with van der Waals surface area (Å²) in [5, 5.41) is 10.4. The molecule has 1 N–H and O–H groups in total. The fourth-order valence-corrected chi connectivity index (χ4v) is 6.71. The van der Waals surface area contributed by atoms with Gasteiger partial charge in [-0.1, -0.05) is 74.5 Å². The summed E-state index contributed by atoms with van der Waals surface area (Å²) in [4.78, 5) is 58.1. The van der Waals surface area contributed by atoms with Crippen molar-refractivity contribution in [2.75, 3.05) is 19.7 Å². The third-order valence-corrected chi connectivity index (χ3v) is 9.12. The van der Waals surface area contributed by atoms with Crippen molar-refractivity contribution in [3.05, 3.63) is 120 Å².